The molecule has 1 aromatic rings. The van der Waals surface area contributed by atoms with E-state index in [-0.39, 0.29) is 0 Å². The Morgan fingerprint density at radius 3 is 2.73 bits per heavy atom. The molecule has 1 atom stereocenters. The Morgan fingerprint density at radius 1 is 1.27 bits per heavy atom. The highest BCUT2D eigenvalue weighted by Crippen LogP contribution is 2.13. The first-order valence-electron chi connectivity index (χ1n) is 6.04. The number of rotatable bonds is 6. The molecule has 0 saturated heterocycles. The minimum Gasteiger partial charge on any atom is -0.310 e. The van der Waals surface area contributed by atoms with Gasteiger partial charge in [0.05, 0.1) is 0 Å². The maximum absolute atomic E-state index is 3.56. The zero-order valence-electron chi connectivity index (χ0n) is 10.2. The van der Waals surface area contributed by atoms with Gasteiger partial charge in [0.2, 0.25) is 0 Å². The minimum atomic E-state index is 0.474. The van der Waals surface area contributed by atoms with E-state index in [9.17, 15) is 0 Å². The van der Waals surface area contributed by atoms with Gasteiger partial charge in [-0.1, -0.05) is 49.6 Å². The average molecular weight is 205 g/mol. The number of aryl methyl sites for hydroxylation is 1. The quantitative estimate of drug-likeness (QED) is 0.696. The molecule has 0 aromatic heterocycles. The second kappa shape index (κ2) is 6.62. The molecule has 0 saturated carbocycles. The summed E-state index contributed by atoms with van der Waals surface area (Å²) in [6.45, 7) is 7.75. The van der Waals surface area contributed by atoms with Crippen LogP contribution in [0.15, 0.2) is 24.3 Å². The molecule has 0 aliphatic heterocycles. The van der Waals surface area contributed by atoms with Gasteiger partial charge in [-0.2, -0.15) is 0 Å². The Kier molecular flexibility index (Phi) is 5.41. The molecule has 1 aromatic carbocycles. The van der Waals surface area contributed by atoms with Crippen molar-refractivity contribution in [3.63, 3.8) is 0 Å². The maximum Gasteiger partial charge on any atom is 0.0291 e. The second-order valence-corrected chi connectivity index (χ2v) is 4.30. The van der Waals surface area contributed by atoms with Crippen LogP contribution in [0.5, 0.6) is 0 Å². The van der Waals surface area contributed by atoms with Gasteiger partial charge in [0.15, 0.2) is 0 Å². The number of hydrogen-bond donors (Lipinski definition) is 1. The van der Waals surface area contributed by atoms with Crippen LogP contribution in [0.25, 0.3) is 0 Å². The molecule has 15 heavy (non-hydrogen) atoms. The molecule has 0 spiro atoms. The van der Waals surface area contributed by atoms with Crippen LogP contribution in [0.1, 0.15) is 50.3 Å². The normalized spacial score (nSPS) is 12.7. The molecule has 0 aliphatic carbocycles. The van der Waals surface area contributed by atoms with E-state index in [4.69, 9.17) is 0 Å². The van der Waals surface area contributed by atoms with Crippen molar-refractivity contribution in [2.75, 3.05) is 6.54 Å². The van der Waals surface area contributed by atoms with E-state index in [1.807, 2.05) is 0 Å². The topological polar surface area (TPSA) is 12.0 Å². The van der Waals surface area contributed by atoms with E-state index < -0.39 is 0 Å². The second-order valence-electron chi connectivity index (χ2n) is 4.30. The molecule has 0 bridgehead atoms. The number of nitrogens with one attached hydrogen (secondary N) is 1. The molecule has 1 heteroatoms. The van der Waals surface area contributed by atoms with E-state index in [0.717, 1.165) is 6.54 Å². The number of benzene rings is 1. The molecule has 0 aliphatic rings. The third kappa shape index (κ3) is 4.48. The summed E-state index contributed by atoms with van der Waals surface area (Å²) in [5.74, 6) is 0. The van der Waals surface area contributed by atoms with Crippen molar-refractivity contribution in [2.45, 2.75) is 46.1 Å². The predicted molar refractivity (Wildman–Crippen MR) is 67.1 cm³/mol. The highest BCUT2D eigenvalue weighted by Gasteiger charge is 2.03. The number of hydrogen-bond acceptors (Lipinski definition) is 1. The molecular weight excluding hydrogens is 182 g/mol. The molecule has 0 unspecified atom stereocenters. The van der Waals surface area contributed by atoms with Crippen LogP contribution in [-0.2, 0) is 0 Å². The molecule has 1 N–H and O–H groups in total. The van der Waals surface area contributed by atoms with E-state index >= 15 is 0 Å². The smallest absolute Gasteiger partial charge is 0.0291 e. The molecule has 0 heterocycles. The summed E-state index contributed by atoms with van der Waals surface area (Å²) in [7, 11) is 0. The van der Waals surface area contributed by atoms with Crippen molar-refractivity contribution in [3.05, 3.63) is 35.4 Å². The third-order valence-electron chi connectivity index (χ3n) is 2.77. The fourth-order valence-corrected chi connectivity index (χ4v) is 1.75. The van der Waals surface area contributed by atoms with Gasteiger partial charge in [-0.15, -0.1) is 0 Å². The first kappa shape index (κ1) is 12.3. The van der Waals surface area contributed by atoms with Crippen molar-refractivity contribution in [1.29, 1.82) is 0 Å². The van der Waals surface area contributed by atoms with Gasteiger partial charge in [0.25, 0.3) is 0 Å². The molecule has 0 fully saturated rings. The van der Waals surface area contributed by atoms with E-state index in [1.54, 1.807) is 0 Å². The Morgan fingerprint density at radius 2 is 2.07 bits per heavy atom. The number of unbranched alkanes of at least 4 members (excludes halogenated alkanes) is 2. The Balaban J connectivity index is 2.36. The largest absolute Gasteiger partial charge is 0.310 e. The Labute approximate surface area is 93.9 Å². The third-order valence-corrected chi connectivity index (χ3v) is 2.77. The highest BCUT2D eigenvalue weighted by molar-refractivity contribution is 5.24. The van der Waals surface area contributed by atoms with Crippen LogP contribution in [0.4, 0.5) is 0 Å². The molecule has 0 amide bonds. The summed E-state index contributed by atoms with van der Waals surface area (Å²) in [5.41, 5.74) is 2.74. The molecule has 84 valence electrons. The zero-order chi connectivity index (χ0) is 11.1. The van der Waals surface area contributed by atoms with Crippen molar-refractivity contribution >= 4 is 0 Å². The van der Waals surface area contributed by atoms with Crippen molar-refractivity contribution in [1.82, 2.24) is 5.32 Å². The fourth-order valence-electron chi connectivity index (χ4n) is 1.75. The van der Waals surface area contributed by atoms with Gasteiger partial charge < -0.3 is 5.32 Å². The lowest BCUT2D eigenvalue weighted by molar-refractivity contribution is 0.544. The Hall–Kier alpha value is -0.820. The van der Waals surface area contributed by atoms with Crippen molar-refractivity contribution in [3.8, 4) is 0 Å². The average Bonchev–Trinajstić information content (AvgIpc) is 2.24. The maximum atomic E-state index is 3.56. The first-order valence-corrected chi connectivity index (χ1v) is 6.04. The van der Waals surface area contributed by atoms with E-state index in [0.29, 0.717) is 6.04 Å². The van der Waals surface area contributed by atoms with Crippen LogP contribution >= 0.6 is 0 Å². The van der Waals surface area contributed by atoms with Crippen LogP contribution in [0.3, 0.4) is 0 Å². The summed E-state index contributed by atoms with van der Waals surface area (Å²) in [6.07, 6.45) is 3.90. The van der Waals surface area contributed by atoms with Gasteiger partial charge >= 0.3 is 0 Å². The van der Waals surface area contributed by atoms with Crippen molar-refractivity contribution < 1.29 is 0 Å². The van der Waals surface area contributed by atoms with Crippen LogP contribution < -0.4 is 5.32 Å². The highest BCUT2D eigenvalue weighted by atomic mass is 14.9. The summed E-state index contributed by atoms with van der Waals surface area (Å²) < 4.78 is 0. The van der Waals surface area contributed by atoms with Gasteiger partial charge in [-0.3, -0.25) is 0 Å². The minimum absolute atomic E-state index is 0.474. The lowest BCUT2D eigenvalue weighted by Crippen LogP contribution is -2.19. The van der Waals surface area contributed by atoms with Gasteiger partial charge in [-0.05, 0) is 32.4 Å². The van der Waals surface area contributed by atoms with Gasteiger partial charge in [-0.25, -0.2) is 0 Å². The van der Waals surface area contributed by atoms with Crippen LogP contribution in [0.2, 0.25) is 0 Å². The predicted octanol–water partition coefficient (Wildman–Crippen LogP) is 3.84. The lowest BCUT2D eigenvalue weighted by atomic mass is 10.1. The summed E-state index contributed by atoms with van der Waals surface area (Å²) >= 11 is 0. The monoisotopic (exact) mass is 205 g/mol. The zero-order valence-corrected chi connectivity index (χ0v) is 10.2. The molecule has 1 nitrogen and oxygen atoms in total. The van der Waals surface area contributed by atoms with E-state index in [2.05, 4.69) is 50.4 Å². The summed E-state index contributed by atoms with van der Waals surface area (Å²) in [4.78, 5) is 0. The summed E-state index contributed by atoms with van der Waals surface area (Å²) in [6, 6.07) is 9.21. The van der Waals surface area contributed by atoms with Crippen molar-refractivity contribution in [2.24, 2.45) is 0 Å². The standard InChI is InChI=1S/C14H23N/c1-4-5-6-10-15-13(3)14-9-7-8-12(2)11-14/h7-9,11,13,15H,4-6,10H2,1-3H3/t13-/m1/s1. The first-order chi connectivity index (χ1) is 7.24. The SMILES string of the molecule is CCCCCN[C@H](C)c1cccc(C)c1. The van der Waals surface area contributed by atoms with Crippen LogP contribution in [-0.4, -0.2) is 6.54 Å². The molecule has 0 radical (unpaired) electrons. The fraction of sp³-hybridized carbons (Fsp3) is 0.571. The Bertz CT molecular complexity index is 280. The summed E-state index contributed by atoms with van der Waals surface area (Å²) in [5, 5.41) is 3.56. The molecular formula is C14H23N. The van der Waals surface area contributed by atoms with Crippen LogP contribution in [0, 0.1) is 6.92 Å². The lowest BCUT2D eigenvalue weighted by Gasteiger charge is -2.14. The van der Waals surface area contributed by atoms with E-state index in [1.165, 1.54) is 30.4 Å². The van der Waals surface area contributed by atoms with Gasteiger partial charge in [0, 0.05) is 6.04 Å². The molecule has 1 rings (SSSR count). The van der Waals surface area contributed by atoms with Gasteiger partial charge in [0.1, 0.15) is 0 Å².